The van der Waals surface area contributed by atoms with Crippen LogP contribution in [0.2, 0.25) is 0 Å². The number of aliphatic hydroxyl groups excluding tert-OH is 1. The SMILES string of the molecule is CC(C)(C)Oc1ccc(CN2C(=O)C(=O)/C(=C(\O)c3cccc([N+](=O)[O-])c3)C2c2ccc(O)cc2)cc1. The lowest BCUT2D eigenvalue weighted by atomic mass is 9.95. The molecule has 1 unspecified atom stereocenters. The van der Waals surface area contributed by atoms with Crippen LogP contribution in [0.3, 0.4) is 0 Å². The van der Waals surface area contributed by atoms with Gasteiger partial charge in [0.05, 0.1) is 16.5 Å². The number of carbonyl (C=O) groups excluding carboxylic acids is 2. The molecule has 0 aliphatic carbocycles. The van der Waals surface area contributed by atoms with E-state index in [1.54, 1.807) is 36.4 Å². The highest BCUT2D eigenvalue weighted by atomic mass is 16.6. The van der Waals surface area contributed by atoms with Crippen LogP contribution in [0.15, 0.2) is 78.4 Å². The minimum Gasteiger partial charge on any atom is -0.508 e. The second kappa shape index (κ2) is 9.77. The van der Waals surface area contributed by atoms with Gasteiger partial charge in [-0.1, -0.05) is 36.4 Å². The average Bonchev–Trinajstić information content (AvgIpc) is 3.09. The molecule has 1 saturated heterocycles. The van der Waals surface area contributed by atoms with Gasteiger partial charge in [0.25, 0.3) is 17.4 Å². The lowest BCUT2D eigenvalue weighted by Crippen LogP contribution is -2.29. The molecular formula is C28H26N2O7. The van der Waals surface area contributed by atoms with Crippen LogP contribution in [-0.4, -0.2) is 37.3 Å². The Kier molecular flexibility index (Phi) is 6.72. The van der Waals surface area contributed by atoms with Gasteiger partial charge in [0.15, 0.2) is 0 Å². The first-order valence-electron chi connectivity index (χ1n) is 11.5. The van der Waals surface area contributed by atoms with Gasteiger partial charge in [0.1, 0.15) is 22.9 Å². The lowest BCUT2D eigenvalue weighted by molar-refractivity contribution is -0.384. The molecule has 0 spiro atoms. The topological polar surface area (TPSA) is 130 Å². The van der Waals surface area contributed by atoms with Crippen molar-refractivity contribution in [3.8, 4) is 11.5 Å². The van der Waals surface area contributed by atoms with Crippen molar-refractivity contribution in [2.75, 3.05) is 0 Å². The Morgan fingerprint density at radius 2 is 1.68 bits per heavy atom. The third kappa shape index (κ3) is 5.45. The van der Waals surface area contributed by atoms with Crippen molar-refractivity contribution in [3.63, 3.8) is 0 Å². The van der Waals surface area contributed by atoms with E-state index in [9.17, 15) is 29.9 Å². The number of aliphatic hydroxyl groups is 1. The Balaban J connectivity index is 1.77. The number of phenols is 1. The molecule has 0 aromatic heterocycles. The number of benzene rings is 3. The van der Waals surface area contributed by atoms with E-state index < -0.39 is 28.4 Å². The van der Waals surface area contributed by atoms with Crippen LogP contribution < -0.4 is 4.74 Å². The molecule has 9 nitrogen and oxygen atoms in total. The number of nitro groups is 1. The minimum atomic E-state index is -0.981. The van der Waals surface area contributed by atoms with Crippen LogP contribution in [0.4, 0.5) is 5.69 Å². The number of hydrogen-bond acceptors (Lipinski definition) is 7. The van der Waals surface area contributed by atoms with Crippen LogP contribution in [0, 0.1) is 10.1 Å². The van der Waals surface area contributed by atoms with Crippen LogP contribution in [0.1, 0.15) is 43.5 Å². The van der Waals surface area contributed by atoms with E-state index >= 15 is 0 Å². The van der Waals surface area contributed by atoms with Crippen molar-refractivity contribution in [1.82, 2.24) is 4.90 Å². The molecule has 1 fully saturated rings. The molecule has 0 radical (unpaired) electrons. The molecular weight excluding hydrogens is 476 g/mol. The van der Waals surface area contributed by atoms with E-state index in [0.29, 0.717) is 11.3 Å². The smallest absolute Gasteiger partial charge is 0.295 e. The summed E-state index contributed by atoms with van der Waals surface area (Å²) in [6.07, 6.45) is 0. The van der Waals surface area contributed by atoms with E-state index in [-0.39, 0.29) is 34.7 Å². The fourth-order valence-electron chi connectivity index (χ4n) is 4.18. The molecule has 1 aliphatic rings. The maximum Gasteiger partial charge on any atom is 0.295 e. The van der Waals surface area contributed by atoms with Crippen molar-refractivity contribution in [1.29, 1.82) is 0 Å². The van der Waals surface area contributed by atoms with E-state index in [4.69, 9.17) is 4.74 Å². The highest BCUT2D eigenvalue weighted by molar-refractivity contribution is 6.46. The minimum absolute atomic E-state index is 0.00572. The lowest BCUT2D eigenvalue weighted by Gasteiger charge is -2.26. The maximum atomic E-state index is 13.2. The van der Waals surface area contributed by atoms with Crippen molar-refractivity contribution >= 4 is 23.1 Å². The number of Topliss-reactive ketones (excluding diaryl/α,β-unsaturated/α-hetero) is 1. The summed E-state index contributed by atoms with van der Waals surface area (Å²) in [4.78, 5) is 38.3. The van der Waals surface area contributed by atoms with Crippen LogP contribution in [-0.2, 0) is 16.1 Å². The Morgan fingerprint density at radius 1 is 1.03 bits per heavy atom. The number of ketones is 1. The highest BCUT2D eigenvalue weighted by Crippen LogP contribution is 2.41. The number of carbonyl (C=O) groups is 2. The van der Waals surface area contributed by atoms with Gasteiger partial charge in [-0.15, -0.1) is 0 Å². The van der Waals surface area contributed by atoms with Gasteiger partial charge in [-0.2, -0.15) is 0 Å². The van der Waals surface area contributed by atoms with Gasteiger partial charge in [-0.05, 0) is 56.2 Å². The molecule has 9 heteroatoms. The standard InChI is InChI=1S/C28H26N2O7/c1-28(2,3)37-22-13-7-17(8-14-22)16-29-24(18-9-11-21(31)12-10-18)23(26(33)27(29)34)25(32)19-5-4-6-20(15-19)30(35)36/h4-15,24,31-32H,16H2,1-3H3/b25-23-. The second-order valence-corrected chi connectivity index (χ2v) is 9.68. The molecule has 1 amide bonds. The van der Waals surface area contributed by atoms with E-state index in [1.807, 2.05) is 20.8 Å². The van der Waals surface area contributed by atoms with Crippen molar-refractivity contribution in [2.24, 2.45) is 0 Å². The molecule has 3 aromatic rings. The first kappa shape index (κ1) is 25.4. The monoisotopic (exact) mass is 502 g/mol. The number of ether oxygens (including phenoxy) is 1. The summed E-state index contributed by atoms with van der Waals surface area (Å²) < 4.78 is 5.84. The molecule has 4 rings (SSSR count). The van der Waals surface area contributed by atoms with Gasteiger partial charge in [0, 0.05) is 24.2 Å². The molecule has 0 bridgehead atoms. The zero-order chi connectivity index (χ0) is 26.9. The summed E-state index contributed by atoms with van der Waals surface area (Å²) in [6.45, 7) is 5.84. The molecule has 3 aromatic carbocycles. The van der Waals surface area contributed by atoms with Crippen molar-refractivity contribution in [3.05, 3.63) is 105 Å². The maximum absolute atomic E-state index is 13.2. The number of rotatable bonds is 6. The van der Waals surface area contributed by atoms with Crippen molar-refractivity contribution in [2.45, 2.75) is 39.0 Å². The number of phenolic OH excluding ortho intramolecular Hbond substituents is 1. The van der Waals surface area contributed by atoms with E-state index in [1.165, 1.54) is 35.2 Å². The predicted octanol–water partition coefficient (Wildman–Crippen LogP) is 5.10. The zero-order valence-corrected chi connectivity index (χ0v) is 20.5. The Morgan fingerprint density at radius 3 is 2.27 bits per heavy atom. The van der Waals surface area contributed by atoms with Gasteiger partial charge in [-0.25, -0.2) is 0 Å². The Hall–Kier alpha value is -4.66. The fraction of sp³-hybridized carbons (Fsp3) is 0.214. The normalized spacial score (nSPS) is 17.2. The number of hydrogen-bond donors (Lipinski definition) is 2. The number of aromatic hydroxyl groups is 1. The van der Waals surface area contributed by atoms with Gasteiger partial charge >= 0.3 is 0 Å². The molecule has 1 aliphatic heterocycles. The Labute approximate surface area is 213 Å². The van der Waals surface area contributed by atoms with E-state index in [2.05, 4.69) is 0 Å². The van der Waals surface area contributed by atoms with Crippen LogP contribution in [0.25, 0.3) is 5.76 Å². The quantitative estimate of drug-likeness (QED) is 0.158. The fourth-order valence-corrected chi connectivity index (χ4v) is 4.18. The van der Waals surface area contributed by atoms with E-state index in [0.717, 1.165) is 11.6 Å². The summed E-state index contributed by atoms with van der Waals surface area (Å²) in [5.41, 5.74) is 0.409. The third-order valence-corrected chi connectivity index (χ3v) is 5.78. The largest absolute Gasteiger partial charge is 0.508 e. The first-order chi connectivity index (χ1) is 17.4. The molecule has 0 saturated carbocycles. The molecule has 190 valence electrons. The summed E-state index contributed by atoms with van der Waals surface area (Å²) in [7, 11) is 0. The predicted molar refractivity (Wildman–Crippen MR) is 136 cm³/mol. The summed E-state index contributed by atoms with van der Waals surface area (Å²) in [5.74, 6) is -1.60. The third-order valence-electron chi connectivity index (χ3n) is 5.78. The van der Waals surface area contributed by atoms with Gasteiger partial charge in [0.2, 0.25) is 0 Å². The van der Waals surface area contributed by atoms with Crippen molar-refractivity contribution < 1.29 is 29.5 Å². The first-order valence-corrected chi connectivity index (χ1v) is 11.5. The Bertz CT molecular complexity index is 1390. The van der Waals surface area contributed by atoms with Crippen LogP contribution >= 0.6 is 0 Å². The summed E-state index contributed by atoms with van der Waals surface area (Å²) in [6, 6.07) is 17.3. The van der Waals surface area contributed by atoms with Gasteiger partial charge in [-0.3, -0.25) is 19.7 Å². The highest BCUT2D eigenvalue weighted by Gasteiger charge is 2.46. The molecule has 1 atom stereocenters. The molecule has 37 heavy (non-hydrogen) atoms. The summed E-state index contributed by atoms with van der Waals surface area (Å²) in [5, 5.41) is 32.1. The average molecular weight is 503 g/mol. The number of non-ortho nitro benzene ring substituents is 1. The number of nitro benzene ring substituents is 1. The number of likely N-dealkylation sites (tertiary alicyclic amines) is 1. The molecule has 2 N–H and O–H groups in total. The second-order valence-electron chi connectivity index (χ2n) is 9.68. The zero-order valence-electron chi connectivity index (χ0n) is 20.5. The van der Waals surface area contributed by atoms with Gasteiger partial charge < -0.3 is 19.8 Å². The number of amides is 1. The number of nitrogens with zero attached hydrogens (tertiary/aromatic N) is 2. The van der Waals surface area contributed by atoms with Crippen LogP contribution in [0.5, 0.6) is 11.5 Å². The summed E-state index contributed by atoms with van der Waals surface area (Å²) >= 11 is 0. The molecule has 1 heterocycles.